The summed E-state index contributed by atoms with van der Waals surface area (Å²) in [5, 5.41) is 19.3. The first-order chi connectivity index (χ1) is 19.5. The van der Waals surface area contributed by atoms with Crippen LogP contribution in [0.3, 0.4) is 0 Å². The van der Waals surface area contributed by atoms with E-state index in [-0.39, 0.29) is 36.3 Å². The molecule has 1 aromatic rings. The molecule has 0 bridgehead atoms. The van der Waals surface area contributed by atoms with Gasteiger partial charge >= 0.3 is 6.09 Å². The molecule has 0 spiro atoms. The van der Waals surface area contributed by atoms with Gasteiger partial charge in [0.05, 0.1) is 6.04 Å². The Kier molecular flexibility index (Phi) is 9.94. The van der Waals surface area contributed by atoms with Gasteiger partial charge in [0, 0.05) is 12.6 Å². The number of hydrogen-bond acceptors (Lipinski definition) is 6. The molecule has 1 heterocycles. The van der Waals surface area contributed by atoms with Crippen LogP contribution in [0, 0.1) is 17.3 Å². The third kappa shape index (κ3) is 7.78. The second-order valence-electron chi connectivity index (χ2n) is 12.9. The first-order valence-electron chi connectivity index (χ1n) is 15.1. The summed E-state index contributed by atoms with van der Waals surface area (Å²) < 4.78 is 5.41. The van der Waals surface area contributed by atoms with Gasteiger partial charge in [-0.15, -0.1) is 0 Å². The molecule has 4 rings (SSSR count). The maximum atomic E-state index is 14.1. The number of carbonyl (C=O) groups is 4. The minimum Gasteiger partial charge on any atom is -0.445 e. The molecule has 41 heavy (non-hydrogen) atoms. The number of nitrogens with zero attached hydrogens (tertiary/aromatic N) is 1. The lowest BCUT2D eigenvalue weighted by Crippen LogP contribution is -2.60. The van der Waals surface area contributed by atoms with Gasteiger partial charge in [0.15, 0.2) is 6.10 Å². The van der Waals surface area contributed by atoms with Crippen molar-refractivity contribution in [2.45, 2.75) is 110 Å². The van der Waals surface area contributed by atoms with Crippen LogP contribution in [0.1, 0.15) is 78.2 Å². The van der Waals surface area contributed by atoms with E-state index in [1.807, 2.05) is 58.0 Å². The predicted octanol–water partition coefficient (Wildman–Crippen LogP) is 2.88. The highest BCUT2D eigenvalue weighted by Gasteiger charge is 2.52. The zero-order chi connectivity index (χ0) is 29.7. The number of rotatable bonds is 11. The molecule has 1 saturated heterocycles. The number of nitrogens with one attached hydrogen (secondary N) is 3. The van der Waals surface area contributed by atoms with Crippen molar-refractivity contribution in [1.29, 1.82) is 0 Å². The molecule has 1 aliphatic heterocycles. The van der Waals surface area contributed by atoms with E-state index in [9.17, 15) is 24.3 Å². The molecule has 1 unspecified atom stereocenters. The first kappa shape index (κ1) is 30.8. The molecule has 3 fully saturated rings. The fourth-order valence-electron chi connectivity index (χ4n) is 6.15. The van der Waals surface area contributed by atoms with E-state index in [2.05, 4.69) is 16.0 Å². The maximum Gasteiger partial charge on any atom is 0.408 e. The van der Waals surface area contributed by atoms with E-state index in [0.29, 0.717) is 19.4 Å². The molecule has 10 heteroatoms. The van der Waals surface area contributed by atoms with E-state index < -0.39 is 41.6 Å². The number of alkyl carbamates (subject to hydrolysis) is 1. The van der Waals surface area contributed by atoms with Crippen LogP contribution in [0.5, 0.6) is 0 Å². The lowest BCUT2D eigenvalue weighted by atomic mass is 9.85. The van der Waals surface area contributed by atoms with Crippen molar-refractivity contribution in [2.75, 3.05) is 6.54 Å². The largest absolute Gasteiger partial charge is 0.445 e. The highest BCUT2D eigenvalue weighted by Crippen LogP contribution is 2.43. The smallest absolute Gasteiger partial charge is 0.408 e. The van der Waals surface area contributed by atoms with Crippen molar-refractivity contribution >= 4 is 23.8 Å². The molecule has 10 nitrogen and oxygen atoms in total. The fourth-order valence-corrected chi connectivity index (χ4v) is 6.15. The van der Waals surface area contributed by atoms with Crippen LogP contribution in [0.2, 0.25) is 0 Å². The van der Waals surface area contributed by atoms with Crippen molar-refractivity contribution < 1.29 is 29.0 Å². The molecular weight excluding hydrogens is 524 g/mol. The minimum atomic E-state index is -1.37. The molecule has 6 atom stereocenters. The number of aliphatic hydroxyl groups is 1. The number of benzene rings is 1. The second kappa shape index (κ2) is 13.2. The monoisotopic (exact) mass is 570 g/mol. The summed E-state index contributed by atoms with van der Waals surface area (Å²) in [6.07, 6.45) is 3.56. The Hall–Kier alpha value is -3.14. The van der Waals surface area contributed by atoms with Gasteiger partial charge in [0.2, 0.25) is 11.8 Å². The van der Waals surface area contributed by atoms with Gasteiger partial charge in [-0.3, -0.25) is 14.4 Å². The average molecular weight is 571 g/mol. The zero-order valence-electron chi connectivity index (χ0n) is 24.7. The van der Waals surface area contributed by atoms with Gasteiger partial charge in [-0.2, -0.15) is 0 Å². The molecule has 1 aromatic carbocycles. The molecule has 4 N–H and O–H groups in total. The van der Waals surface area contributed by atoms with Crippen LogP contribution < -0.4 is 16.0 Å². The van der Waals surface area contributed by atoms with Gasteiger partial charge in [-0.05, 0) is 54.9 Å². The van der Waals surface area contributed by atoms with Crippen molar-refractivity contribution in [3.8, 4) is 0 Å². The van der Waals surface area contributed by atoms with Gasteiger partial charge in [-0.1, -0.05) is 70.9 Å². The maximum absolute atomic E-state index is 14.1. The minimum absolute atomic E-state index is 0.00990. The lowest BCUT2D eigenvalue weighted by Gasteiger charge is -2.36. The summed E-state index contributed by atoms with van der Waals surface area (Å²) in [6, 6.07) is 6.99. The number of likely N-dealkylation sites (tertiary alicyclic amines) is 1. The van der Waals surface area contributed by atoms with Crippen LogP contribution in [0.4, 0.5) is 4.79 Å². The van der Waals surface area contributed by atoms with E-state index in [1.54, 1.807) is 4.90 Å². The van der Waals surface area contributed by atoms with E-state index in [0.717, 1.165) is 37.7 Å². The van der Waals surface area contributed by atoms with Gasteiger partial charge < -0.3 is 30.7 Å². The van der Waals surface area contributed by atoms with E-state index >= 15 is 0 Å². The van der Waals surface area contributed by atoms with Gasteiger partial charge in [0.1, 0.15) is 18.7 Å². The molecule has 3 aliphatic rings. The number of hydrogen-bond donors (Lipinski definition) is 4. The van der Waals surface area contributed by atoms with Crippen LogP contribution in [0.25, 0.3) is 0 Å². The number of carbonyl (C=O) groups excluding carboxylic acids is 4. The van der Waals surface area contributed by atoms with Crippen molar-refractivity contribution in [1.82, 2.24) is 20.9 Å². The van der Waals surface area contributed by atoms with Crippen LogP contribution in [-0.2, 0) is 25.7 Å². The fraction of sp³-hybridized carbons (Fsp3) is 0.677. The summed E-state index contributed by atoms with van der Waals surface area (Å²) in [5.74, 6) is -0.987. The Morgan fingerprint density at radius 2 is 1.76 bits per heavy atom. The normalized spacial score (nSPS) is 24.1. The molecule has 2 saturated carbocycles. The molecule has 0 aromatic heterocycles. The second-order valence-corrected chi connectivity index (χ2v) is 12.9. The number of ether oxygens (including phenoxy) is 1. The van der Waals surface area contributed by atoms with Gasteiger partial charge in [-0.25, -0.2) is 4.79 Å². The van der Waals surface area contributed by atoms with Crippen molar-refractivity contribution in [3.63, 3.8) is 0 Å². The van der Waals surface area contributed by atoms with Crippen LogP contribution >= 0.6 is 0 Å². The Labute approximate surface area is 243 Å². The van der Waals surface area contributed by atoms with Crippen molar-refractivity contribution in [2.24, 2.45) is 17.3 Å². The third-order valence-corrected chi connectivity index (χ3v) is 8.53. The highest BCUT2D eigenvalue weighted by molar-refractivity contribution is 5.93. The Balaban J connectivity index is 1.48. The molecule has 0 radical (unpaired) electrons. The van der Waals surface area contributed by atoms with Crippen molar-refractivity contribution in [3.05, 3.63) is 35.9 Å². The quantitative estimate of drug-likeness (QED) is 0.323. The van der Waals surface area contributed by atoms with Gasteiger partial charge in [0.25, 0.3) is 5.91 Å². The average Bonchev–Trinajstić information content (AvgIpc) is 3.50. The van der Waals surface area contributed by atoms with E-state index in [1.165, 1.54) is 0 Å². The number of fused-ring (bicyclic) bond motifs is 1. The van der Waals surface area contributed by atoms with E-state index in [4.69, 9.17) is 4.74 Å². The zero-order valence-corrected chi connectivity index (χ0v) is 24.7. The summed E-state index contributed by atoms with van der Waals surface area (Å²) in [6.45, 7) is 8.03. The lowest BCUT2D eigenvalue weighted by molar-refractivity contribution is -0.144. The molecule has 226 valence electrons. The summed E-state index contributed by atoms with van der Waals surface area (Å²) in [4.78, 5) is 54.9. The first-order valence-corrected chi connectivity index (χ1v) is 15.1. The summed E-state index contributed by atoms with van der Waals surface area (Å²) in [7, 11) is 0. The predicted molar refractivity (Wildman–Crippen MR) is 153 cm³/mol. The van der Waals surface area contributed by atoms with Crippen LogP contribution in [-0.4, -0.2) is 70.6 Å². The standard InChI is InChI=1S/C31H46N4O6/c1-5-10-23(25(36)28(38)32-21-15-16-21)33-27(37)24-22-14-9-13-20(22)17-35(24)29(39)26(31(2,3)4)34-30(40)41-18-19-11-7-6-8-12-19/h6-8,11-12,20-26,36H,5,9-10,13-18H2,1-4H3,(H,32,38)(H,33,37)(H,34,40)/t20-,22-,23-,24-,25?,26+/m0/s1. The molecule has 4 amide bonds. The van der Waals surface area contributed by atoms with Crippen LogP contribution in [0.15, 0.2) is 30.3 Å². The summed E-state index contributed by atoms with van der Waals surface area (Å²) >= 11 is 0. The highest BCUT2D eigenvalue weighted by atomic mass is 16.5. The number of aliphatic hydroxyl groups excluding tert-OH is 1. The molecule has 2 aliphatic carbocycles. The Morgan fingerprint density at radius 3 is 2.39 bits per heavy atom. The third-order valence-electron chi connectivity index (χ3n) is 8.53. The topological polar surface area (TPSA) is 137 Å². The Bertz CT molecular complexity index is 1090. The number of amides is 4. The molecular formula is C31H46N4O6. The Morgan fingerprint density at radius 1 is 1.05 bits per heavy atom. The summed E-state index contributed by atoms with van der Waals surface area (Å²) in [5.41, 5.74) is 0.184. The SMILES string of the molecule is CCC[C@H](NC(=O)[C@@H]1[C@H]2CCC[C@H]2CN1C(=O)[C@@H](NC(=O)OCc1ccccc1)C(C)(C)C)C(O)C(=O)NC1CC1.